The van der Waals surface area contributed by atoms with Crippen LogP contribution in [0, 0.1) is 11.8 Å². The minimum atomic E-state index is -0.122. The van der Waals surface area contributed by atoms with E-state index in [-0.39, 0.29) is 5.91 Å². The number of amides is 1. The van der Waals surface area contributed by atoms with Crippen molar-refractivity contribution >= 4 is 11.7 Å². The standard InChI is InChI=1S/C13H22N4O/c1-9-2-4-10(5-3-9)6-7-15-13(18)11-8-12(14)17-16-11/h8-10H,2-7H2,1H3,(H,15,18)(H3,14,16,17). The zero-order chi connectivity index (χ0) is 13.0. The van der Waals surface area contributed by atoms with Crippen LogP contribution in [0.2, 0.25) is 0 Å². The van der Waals surface area contributed by atoms with Gasteiger partial charge in [0.15, 0.2) is 0 Å². The van der Waals surface area contributed by atoms with E-state index in [4.69, 9.17) is 5.73 Å². The molecule has 0 saturated heterocycles. The van der Waals surface area contributed by atoms with Crippen LogP contribution in [0.4, 0.5) is 5.82 Å². The molecule has 1 aromatic rings. The van der Waals surface area contributed by atoms with Gasteiger partial charge < -0.3 is 11.1 Å². The lowest BCUT2D eigenvalue weighted by molar-refractivity contribution is 0.0944. The Morgan fingerprint density at radius 1 is 1.50 bits per heavy atom. The Kier molecular flexibility index (Phi) is 4.23. The summed E-state index contributed by atoms with van der Waals surface area (Å²) in [7, 11) is 0. The molecular formula is C13H22N4O. The van der Waals surface area contributed by atoms with E-state index >= 15 is 0 Å². The molecule has 1 aromatic heterocycles. The first-order valence-electron chi connectivity index (χ1n) is 6.74. The summed E-state index contributed by atoms with van der Waals surface area (Å²) in [5.74, 6) is 1.88. The van der Waals surface area contributed by atoms with Crippen LogP contribution in [0.25, 0.3) is 0 Å². The molecule has 1 aliphatic carbocycles. The van der Waals surface area contributed by atoms with Crippen molar-refractivity contribution in [3.05, 3.63) is 11.8 Å². The van der Waals surface area contributed by atoms with E-state index in [1.54, 1.807) is 6.07 Å². The van der Waals surface area contributed by atoms with Crippen molar-refractivity contribution in [1.29, 1.82) is 0 Å². The Balaban J connectivity index is 1.67. The number of anilines is 1. The Morgan fingerprint density at radius 2 is 2.22 bits per heavy atom. The zero-order valence-electron chi connectivity index (χ0n) is 10.9. The third kappa shape index (κ3) is 3.48. The monoisotopic (exact) mass is 250 g/mol. The van der Waals surface area contributed by atoms with E-state index in [1.165, 1.54) is 25.7 Å². The van der Waals surface area contributed by atoms with Crippen molar-refractivity contribution in [2.45, 2.75) is 39.0 Å². The summed E-state index contributed by atoms with van der Waals surface area (Å²) in [6.45, 7) is 3.05. The predicted molar refractivity (Wildman–Crippen MR) is 71.1 cm³/mol. The van der Waals surface area contributed by atoms with Gasteiger partial charge in [-0.2, -0.15) is 5.10 Å². The van der Waals surface area contributed by atoms with E-state index in [1.807, 2.05) is 0 Å². The van der Waals surface area contributed by atoms with Gasteiger partial charge in [-0.15, -0.1) is 0 Å². The number of aromatic nitrogens is 2. The first-order valence-corrected chi connectivity index (χ1v) is 6.74. The Morgan fingerprint density at radius 3 is 2.83 bits per heavy atom. The number of nitrogens with two attached hydrogens (primary N) is 1. The van der Waals surface area contributed by atoms with E-state index < -0.39 is 0 Å². The molecule has 0 bridgehead atoms. The Labute approximate surface area is 108 Å². The summed E-state index contributed by atoms with van der Waals surface area (Å²) in [6.07, 6.45) is 6.33. The van der Waals surface area contributed by atoms with Crippen molar-refractivity contribution in [2.24, 2.45) is 11.8 Å². The van der Waals surface area contributed by atoms with Crippen molar-refractivity contribution in [1.82, 2.24) is 15.5 Å². The number of rotatable bonds is 4. The van der Waals surface area contributed by atoms with Crippen LogP contribution >= 0.6 is 0 Å². The van der Waals surface area contributed by atoms with E-state index in [2.05, 4.69) is 22.4 Å². The highest BCUT2D eigenvalue weighted by Crippen LogP contribution is 2.29. The number of hydrogen-bond acceptors (Lipinski definition) is 3. The summed E-state index contributed by atoms with van der Waals surface area (Å²) in [6, 6.07) is 1.55. The minimum Gasteiger partial charge on any atom is -0.382 e. The van der Waals surface area contributed by atoms with Crippen LogP contribution in [0.3, 0.4) is 0 Å². The number of nitrogens with zero attached hydrogens (tertiary/aromatic N) is 1. The lowest BCUT2D eigenvalue weighted by atomic mass is 9.81. The van der Waals surface area contributed by atoms with Gasteiger partial charge >= 0.3 is 0 Å². The average Bonchev–Trinajstić information content (AvgIpc) is 2.78. The molecular weight excluding hydrogens is 228 g/mol. The number of carbonyl (C=O) groups is 1. The average molecular weight is 250 g/mol. The molecule has 1 heterocycles. The molecule has 18 heavy (non-hydrogen) atoms. The van der Waals surface area contributed by atoms with Gasteiger partial charge in [0, 0.05) is 12.6 Å². The first kappa shape index (κ1) is 12.9. The van der Waals surface area contributed by atoms with Crippen molar-refractivity contribution < 1.29 is 4.79 Å². The van der Waals surface area contributed by atoms with Crippen LogP contribution in [-0.4, -0.2) is 22.6 Å². The summed E-state index contributed by atoms with van der Waals surface area (Å²) in [4.78, 5) is 11.7. The maximum absolute atomic E-state index is 11.7. The molecule has 0 radical (unpaired) electrons. The van der Waals surface area contributed by atoms with Crippen LogP contribution in [0.5, 0.6) is 0 Å². The lowest BCUT2D eigenvalue weighted by Gasteiger charge is -2.26. The molecule has 0 unspecified atom stereocenters. The van der Waals surface area contributed by atoms with E-state index in [9.17, 15) is 4.79 Å². The smallest absolute Gasteiger partial charge is 0.269 e. The fourth-order valence-corrected chi connectivity index (χ4v) is 2.56. The first-order chi connectivity index (χ1) is 8.65. The maximum atomic E-state index is 11.7. The van der Waals surface area contributed by atoms with Gasteiger partial charge in [0.2, 0.25) is 0 Å². The molecule has 5 heteroatoms. The van der Waals surface area contributed by atoms with Crippen LogP contribution < -0.4 is 11.1 Å². The second-order valence-electron chi connectivity index (χ2n) is 5.38. The van der Waals surface area contributed by atoms with Crippen molar-refractivity contribution in [3.8, 4) is 0 Å². The minimum absolute atomic E-state index is 0.122. The number of nitrogen functional groups attached to an aromatic ring is 1. The fourth-order valence-electron chi connectivity index (χ4n) is 2.56. The van der Waals surface area contributed by atoms with Crippen LogP contribution in [0.15, 0.2) is 6.07 Å². The summed E-state index contributed by atoms with van der Waals surface area (Å²) in [5, 5.41) is 9.25. The maximum Gasteiger partial charge on any atom is 0.269 e. The Hall–Kier alpha value is -1.52. The third-order valence-electron chi connectivity index (χ3n) is 3.82. The van der Waals surface area contributed by atoms with Crippen molar-refractivity contribution in [2.75, 3.05) is 12.3 Å². The van der Waals surface area contributed by atoms with Gasteiger partial charge in [0.1, 0.15) is 11.5 Å². The topological polar surface area (TPSA) is 83.8 Å². The van der Waals surface area contributed by atoms with Crippen LogP contribution in [-0.2, 0) is 0 Å². The number of hydrogen-bond donors (Lipinski definition) is 3. The molecule has 0 aromatic carbocycles. The summed E-state index contributed by atoms with van der Waals surface area (Å²) >= 11 is 0. The lowest BCUT2D eigenvalue weighted by Crippen LogP contribution is -2.27. The van der Waals surface area contributed by atoms with E-state index in [0.717, 1.165) is 24.8 Å². The van der Waals surface area contributed by atoms with Gasteiger partial charge in [-0.25, -0.2) is 0 Å². The molecule has 0 aliphatic heterocycles. The van der Waals surface area contributed by atoms with Gasteiger partial charge in [-0.05, 0) is 18.3 Å². The second-order valence-corrected chi connectivity index (χ2v) is 5.38. The molecule has 1 saturated carbocycles. The molecule has 5 nitrogen and oxygen atoms in total. The van der Waals surface area contributed by atoms with Gasteiger partial charge in [-0.1, -0.05) is 32.6 Å². The highest BCUT2D eigenvalue weighted by molar-refractivity contribution is 5.92. The third-order valence-corrected chi connectivity index (χ3v) is 3.82. The number of carbonyl (C=O) groups excluding carboxylic acids is 1. The largest absolute Gasteiger partial charge is 0.382 e. The molecule has 100 valence electrons. The molecule has 0 atom stereocenters. The molecule has 1 fully saturated rings. The van der Waals surface area contributed by atoms with Crippen LogP contribution in [0.1, 0.15) is 49.5 Å². The number of aromatic amines is 1. The fraction of sp³-hybridized carbons (Fsp3) is 0.692. The van der Waals surface area contributed by atoms with Crippen molar-refractivity contribution in [3.63, 3.8) is 0 Å². The van der Waals surface area contributed by atoms with Gasteiger partial charge in [-0.3, -0.25) is 9.89 Å². The predicted octanol–water partition coefficient (Wildman–Crippen LogP) is 1.94. The molecule has 2 rings (SSSR count). The highest BCUT2D eigenvalue weighted by atomic mass is 16.1. The quantitative estimate of drug-likeness (QED) is 0.763. The van der Waals surface area contributed by atoms with E-state index in [0.29, 0.717) is 11.5 Å². The Bertz CT molecular complexity index is 393. The normalized spacial score (nSPS) is 23.8. The summed E-state index contributed by atoms with van der Waals surface area (Å²) in [5.41, 5.74) is 5.89. The van der Waals surface area contributed by atoms with Gasteiger partial charge in [0.25, 0.3) is 5.91 Å². The number of H-pyrrole nitrogens is 1. The highest BCUT2D eigenvalue weighted by Gasteiger charge is 2.18. The van der Waals surface area contributed by atoms with Gasteiger partial charge in [0.05, 0.1) is 0 Å². The molecule has 1 aliphatic rings. The zero-order valence-corrected chi connectivity index (χ0v) is 10.9. The summed E-state index contributed by atoms with van der Waals surface area (Å²) < 4.78 is 0. The SMILES string of the molecule is CC1CCC(CCNC(=O)c2cc(N)n[nH]2)CC1. The number of nitrogens with one attached hydrogen (secondary N) is 2. The molecule has 1 amide bonds. The molecule has 4 N–H and O–H groups in total. The molecule has 0 spiro atoms. The second kappa shape index (κ2) is 5.89.